The lowest BCUT2D eigenvalue weighted by molar-refractivity contribution is -0.144. The second-order valence-electron chi connectivity index (χ2n) is 4.85. The van der Waals surface area contributed by atoms with Crippen molar-refractivity contribution in [2.45, 2.75) is 38.8 Å². The molecule has 1 unspecified atom stereocenters. The number of anilines is 1. The number of rotatable bonds is 8. The van der Waals surface area contributed by atoms with E-state index in [1.54, 1.807) is 24.3 Å². The number of halogens is 1. The lowest BCUT2D eigenvalue weighted by Crippen LogP contribution is -2.45. The highest BCUT2D eigenvalue weighted by atomic mass is 35.5. The van der Waals surface area contributed by atoms with E-state index in [2.05, 4.69) is 17.6 Å². The number of ether oxygens (including phenoxy) is 1. The van der Waals surface area contributed by atoms with Gasteiger partial charge in [0.2, 0.25) is 0 Å². The van der Waals surface area contributed by atoms with Gasteiger partial charge in [0.15, 0.2) is 0 Å². The van der Waals surface area contributed by atoms with E-state index in [-0.39, 0.29) is 6.42 Å². The van der Waals surface area contributed by atoms with Gasteiger partial charge in [0.05, 0.1) is 19.2 Å². The van der Waals surface area contributed by atoms with E-state index in [1.165, 1.54) is 0 Å². The minimum atomic E-state index is -0.808. The summed E-state index contributed by atoms with van der Waals surface area (Å²) < 4.78 is 5.02. The van der Waals surface area contributed by atoms with E-state index in [9.17, 15) is 9.59 Å². The molecule has 1 rings (SSSR count). The topological polar surface area (TPSA) is 93.4 Å². The van der Waals surface area contributed by atoms with Crippen LogP contribution in [0.3, 0.4) is 0 Å². The molecule has 0 aliphatic heterocycles. The van der Waals surface area contributed by atoms with Crippen molar-refractivity contribution in [3.05, 3.63) is 29.3 Å². The maximum absolute atomic E-state index is 11.7. The van der Waals surface area contributed by atoms with Crippen LogP contribution in [0.2, 0.25) is 5.02 Å². The van der Waals surface area contributed by atoms with Gasteiger partial charge in [-0.2, -0.15) is 0 Å². The molecule has 1 aromatic carbocycles. The Morgan fingerprint density at radius 3 is 2.82 bits per heavy atom. The van der Waals surface area contributed by atoms with E-state index >= 15 is 0 Å². The van der Waals surface area contributed by atoms with Crippen LogP contribution in [-0.4, -0.2) is 24.8 Å². The third-order valence-electron chi connectivity index (χ3n) is 2.80. The smallest absolute Gasteiger partial charge is 0.320 e. The molecule has 0 aromatic heterocycles. The standard InChI is InChI=1S/C15H22ClN3O3/c1-2-3-4-8-22-14(20)10-13(17)19-15(21)18-12-7-5-6-11(16)9-12/h5-7,9,13H,2-4,8,10,17H2,1H3,(H2,18,19,21). The second-order valence-corrected chi connectivity index (χ2v) is 5.28. The Kier molecular flexibility index (Phi) is 8.32. The summed E-state index contributed by atoms with van der Waals surface area (Å²) in [6, 6.07) is 6.21. The van der Waals surface area contributed by atoms with E-state index in [0.29, 0.717) is 17.3 Å². The van der Waals surface area contributed by atoms with Crippen molar-refractivity contribution in [3.63, 3.8) is 0 Å². The average molecular weight is 328 g/mol. The number of hydrogen-bond acceptors (Lipinski definition) is 4. The predicted molar refractivity (Wildman–Crippen MR) is 86.7 cm³/mol. The maximum Gasteiger partial charge on any atom is 0.320 e. The fourth-order valence-corrected chi connectivity index (χ4v) is 1.92. The van der Waals surface area contributed by atoms with Crippen molar-refractivity contribution in [1.29, 1.82) is 0 Å². The molecular weight excluding hydrogens is 306 g/mol. The molecule has 0 radical (unpaired) electrons. The summed E-state index contributed by atoms with van der Waals surface area (Å²) >= 11 is 5.82. The summed E-state index contributed by atoms with van der Waals surface area (Å²) in [5.41, 5.74) is 6.23. The van der Waals surface area contributed by atoms with E-state index in [1.807, 2.05) is 0 Å². The van der Waals surface area contributed by atoms with Gasteiger partial charge in [-0.3, -0.25) is 4.79 Å². The van der Waals surface area contributed by atoms with E-state index < -0.39 is 18.2 Å². The molecule has 1 aromatic rings. The van der Waals surface area contributed by atoms with Crippen LogP contribution in [-0.2, 0) is 9.53 Å². The van der Waals surface area contributed by atoms with Crippen LogP contribution in [0, 0.1) is 0 Å². The maximum atomic E-state index is 11.7. The van der Waals surface area contributed by atoms with Crippen molar-refractivity contribution in [3.8, 4) is 0 Å². The average Bonchev–Trinajstić information content (AvgIpc) is 2.43. The van der Waals surface area contributed by atoms with Crippen molar-refractivity contribution in [2.24, 2.45) is 5.73 Å². The Bertz CT molecular complexity index is 497. The minimum absolute atomic E-state index is 0.0743. The molecule has 122 valence electrons. The van der Waals surface area contributed by atoms with Crippen molar-refractivity contribution in [1.82, 2.24) is 5.32 Å². The van der Waals surface area contributed by atoms with Gasteiger partial charge in [-0.25, -0.2) is 4.79 Å². The van der Waals surface area contributed by atoms with Gasteiger partial charge < -0.3 is 21.1 Å². The molecule has 0 aliphatic rings. The lowest BCUT2D eigenvalue weighted by Gasteiger charge is -2.14. The number of unbranched alkanes of at least 4 members (excludes halogenated alkanes) is 2. The third-order valence-corrected chi connectivity index (χ3v) is 3.03. The molecule has 1 atom stereocenters. The molecule has 0 heterocycles. The number of carbonyl (C=O) groups excluding carboxylic acids is 2. The van der Waals surface area contributed by atoms with Crippen molar-refractivity contribution in [2.75, 3.05) is 11.9 Å². The van der Waals surface area contributed by atoms with Gasteiger partial charge >= 0.3 is 12.0 Å². The van der Waals surface area contributed by atoms with Gasteiger partial charge in [0.25, 0.3) is 0 Å². The Hall–Kier alpha value is -1.79. The largest absolute Gasteiger partial charge is 0.466 e. The van der Waals surface area contributed by atoms with E-state index in [4.69, 9.17) is 22.1 Å². The van der Waals surface area contributed by atoms with Crippen LogP contribution in [0.4, 0.5) is 10.5 Å². The molecule has 4 N–H and O–H groups in total. The van der Waals surface area contributed by atoms with Crippen LogP contribution in [0.25, 0.3) is 0 Å². The lowest BCUT2D eigenvalue weighted by atomic mass is 10.3. The molecule has 7 heteroatoms. The zero-order valence-corrected chi connectivity index (χ0v) is 13.4. The SMILES string of the molecule is CCCCCOC(=O)CC(N)NC(=O)Nc1cccc(Cl)c1. The van der Waals surface area contributed by atoms with Gasteiger partial charge in [-0.1, -0.05) is 37.4 Å². The van der Waals surface area contributed by atoms with Crippen LogP contribution in [0.15, 0.2) is 24.3 Å². The highest BCUT2D eigenvalue weighted by molar-refractivity contribution is 6.30. The monoisotopic (exact) mass is 327 g/mol. The minimum Gasteiger partial charge on any atom is -0.466 e. The summed E-state index contributed by atoms with van der Waals surface area (Å²) in [6.45, 7) is 2.45. The Morgan fingerprint density at radius 1 is 1.36 bits per heavy atom. The van der Waals surface area contributed by atoms with Crippen molar-refractivity contribution >= 4 is 29.3 Å². The first-order valence-corrected chi connectivity index (χ1v) is 7.63. The summed E-state index contributed by atoms with van der Waals surface area (Å²) in [5, 5.41) is 5.56. The number of carbonyl (C=O) groups is 2. The zero-order valence-electron chi connectivity index (χ0n) is 12.6. The Morgan fingerprint density at radius 2 is 2.14 bits per heavy atom. The van der Waals surface area contributed by atoms with Crippen LogP contribution >= 0.6 is 11.6 Å². The number of nitrogens with two attached hydrogens (primary N) is 1. The van der Waals surface area contributed by atoms with Gasteiger partial charge in [-0.15, -0.1) is 0 Å². The molecule has 6 nitrogen and oxygen atoms in total. The predicted octanol–water partition coefficient (Wildman–Crippen LogP) is 2.87. The van der Waals surface area contributed by atoms with Crippen molar-refractivity contribution < 1.29 is 14.3 Å². The molecule has 0 fully saturated rings. The number of urea groups is 1. The molecule has 0 bridgehead atoms. The first-order valence-electron chi connectivity index (χ1n) is 7.25. The summed E-state index contributed by atoms with van der Waals surface area (Å²) in [7, 11) is 0. The van der Waals surface area contributed by atoms with Crippen LogP contribution in [0.1, 0.15) is 32.6 Å². The van der Waals surface area contributed by atoms with Gasteiger partial charge in [0, 0.05) is 10.7 Å². The normalized spacial score (nSPS) is 11.6. The highest BCUT2D eigenvalue weighted by Gasteiger charge is 2.13. The Labute approximate surface area is 135 Å². The van der Waals surface area contributed by atoms with Gasteiger partial charge in [-0.05, 0) is 24.6 Å². The van der Waals surface area contributed by atoms with Crippen LogP contribution < -0.4 is 16.4 Å². The highest BCUT2D eigenvalue weighted by Crippen LogP contribution is 2.14. The molecule has 2 amide bonds. The molecule has 0 aliphatic carbocycles. The third kappa shape index (κ3) is 7.85. The number of hydrogen-bond donors (Lipinski definition) is 3. The number of esters is 1. The first kappa shape index (κ1) is 18.3. The zero-order chi connectivity index (χ0) is 16.4. The molecule has 0 saturated carbocycles. The number of nitrogens with one attached hydrogen (secondary N) is 2. The second kappa shape index (κ2) is 10.0. The molecule has 0 spiro atoms. The quantitative estimate of drug-likeness (QED) is 0.389. The fourth-order valence-electron chi connectivity index (χ4n) is 1.73. The van der Waals surface area contributed by atoms with Gasteiger partial charge in [0.1, 0.15) is 0 Å². The van der Waals surface area contributed by atoms with Crippen LogP contribution in [0.5, 0.6) is 0 Å². The van der Waals surface area contributed by atoms with E-state index in [0.717, 1.165) is 19.3 Å². The molecule has 22 heavy (non-hydrogen) atoms. The number of amides is 2. The number of benzene rings is 1. The molecular formula is C15H22ClN3O3. The molecule has 0 saturated heterocycles. The first-order chi connectivity index (χ1) is 10.5. The Balaban J connectivity index is 2.27. The summed E-state index contributed by atoms with van der Waals surface area (Å²) in [5.74, 6) is -0.424. The fraction of sp³-hybridized carbons (Fsp3) is 0.467. The summed E-state index contributed by atoms with van der Waals surface area (Å²) in [6.07, 6.45) is 2.02. The summed E-state index contributed by atoms with van der Waals surface area (Å²) in [4.78, 5) is 23.2.